The summed E-state index contributed by atoms with van der Waals surface area (Å²) in [6.07, 6.45) is 0.320. The minimum atomic E-state index is -0.445. The van der Waals surface area contributed by atoms with Crippen LogP contribution in [-0.4, -0.2) is 27.7 Å². The maximum Gasteiger partial charge on any atom is 0.272 e. The summed E-state index contributed by atoms with van der Waals surface area (Å²) >= 11 is 1.17. The molecule has 7 heteroatoms. The van der Waals surface area contributed by atoms with Gasteiger partial charge >= 0.3 is 0 Å². The molecule has 0 aromatic heterocycles. The fourth-order valence-corrected chi connectivity index (χ4v) is 3.17. The molecule has 2 rings (SSSR count). The Morgan fingerprint density at radius 3 is 2.75 bits per heavy atom. The number of aryl methyl sites for hydroxylation is 1. The third-order valence-corrected chi connectivity index (χ3v) is 4.09. The van der Waals surface area contributed by atoms with Crippen LogP contribution >= 0.6 is 11.8 Å². The van der Waals surface area contributed by atoms with Gasteiger partial charge in [-0.3, -0.25) is 19.7 Å². The number of rotatable bonds is 3. The van der Waals surface area contributed by atoms with Crippen LogP contribution in [0, 0.1) is 17.0 Å². The monoisotopic (exact) mass is 294 g/mol. The molecular formula is C13H14N2O4S. The zero-order valence-corrected chi connectivity index (χ0v) is 12.0. The molecule has 20 heavy (non-hydrogen) atoms. The molecule has 0 radical (unpaired) electrons. The molecule has 1 unspecified atom stereocenters. The second-order valence-corrected chi connectivity index (χ2v) is 6.15. The first-order chi connectivity index (χ1) is 9.38. The minimum Gasteiger partial charge on any atom is -0.311 e. The number of hydrogen-bond acceptors (Lipinski definition) is 5. The average molecular weight is 294 g/mol. The highest BCUT2D eigenvalue weighted by molar-refractivity contribution is 8.14. The number of carbonyl (C=O) groups excluding carboxylic acids is 2. The lowest BCUT2D eigenvalue weighted by Crippen LogP contribution is -2.25. The summed E-state index contributed by atoms with van der Waals surface area (Å²) in [4.78, 5) is 35.0. The summed E-state index contributed by atoms with van der Waals surface area (Å²) in [5, 5.41) is 10.7. The number of nitrogens with zero attached hydrogens (tertiary/aromatic N) is 2. The first-order valence-corrected chi connectivity index (χ1v) is 6.99. The van der Waals surface area contributed by atoms with Crippen LogP contribution in [0.25, 0.3) is 0 Å². The van der Waals surface area contributed by atoms with Crippen molar-refractivity contribution in [3.63, 3.8) is 0 Å². The molecular weight excluding hydrogens is 280 g/mol. The van der Waals surface area contributed by atoms with Gasteiger partial charge in [-0.1, -0.05) is 11.8 Å². The first kappa shape index (κ1) is 14.5. The topological polar surface area (TPSA) is 80.5 Å². The summed E-state index contributed by atoms with van der Waals surface area (Å²) in [6, 6.07) is 4.62. The van der Waals surface area contributed by atoms with E-state index in [-0.39, 0.29) is 22.0 Å². The van der Waals surface area contributed by atoms with Crippen LogP contribution in [0.4, 0.5) is 11.4 Å². The average Bonchev–Trinajstić information content (AvgIpc) is 2.68. The Morgan fingerprint density at radius 2 is 2.20 bits per heavy atom. The SMILES string of the molecule is CC(=O)SC1CC(=O)N(c2ccc([N+](=O)[O-])c(C)c2)C1. The van der Waals surface area contributed by atoms with Gasteiger partial charge in [-0.15, -0.1) is 0 Å². The van der Waals surface area contributed by atoms with E-state index in [0.29, 0.717) is 24.2 Å². The second kappa shape index (κ2) is 5.62. The Morgan fingerprint density at radius 1 is 1.50 bits per heavy atom. The zero-order chi connectivity index (χ0) is 14.9. The highest BCUT2D eigenvalue weighted by Crippen LogP contribution is 2.31. The molecule has 1 aromatic carbocycles. The predicted octanol–water partition coefficient (Wildman–Crippen LogP) is 2.29. The number of nitro benzene ring substituents is 1. The largest absolute Gasteiger partial charge is 0.311 e. The smallest absolute Gasteiger partial charge is 0.272 e. The van der Waals surface area contributed by atoms with E-state index in [1.807, 2.05) is 0 Å². The Kier molecular flexibility index (Phi) is 4.08. The number of carbonyl (C=O) groups is 2. The van der Waals surface area contributed by atoms with Crippen molar-refractivity contribution >= 4 is 34.2 Å². The lowest BCUT2D eigenvalue weighted by molar-refractivity contribution is -0.385. The lowest BCUT2D eigenvalue weighted by atomic mass is 10.1. The molecule has 0 saturated carbocycles. The van der Waals surface area contributed by atoms with Gasteiger partial charge in [0.15, 0.2) is 5.12 Å². The van der Waals surface area contributed by atoms with Crippen LogP contribution in [0.1, 0.15) is 18.9 Å². The van der Waals surface area contributed by atoms with Crippen LogP contribution < -0.4 is 4.90 Å². The van der Waals surface area contributed by atoms with Gasteiger partial charge in [0, 0.05) is 42.5 Å². The van der Waals surface area contributed by atoms with Crippen molar-refractivity contribution in [2.45, 2.75) is 25.5 Å². The molecule has 106 valence electrons. The van der Waals surface area contributed by atoms with E-state index in [1.54, 1.807) is 24.0 Å². The van der Waals surface area contributed by atoms with Crippen LogP contribution in [0.5, 0.6) is 0 Å². The molecule has 1 amide bonds. The molecule has 1 saturated heterocycles. The maximum atomic E-state index is 12.0. The number of benzene rings is 1. The third-order valence-electron chi connectivity index (χ3n) is 3.11. The highest BCUT2D eigenvalue weighted by Gasteiger charge is 2.32. The van der Waals surface area contributed by atoms with Crippen LogP contribution in [0.15, 0.2) is 18.2 Å². The van der Waals surface area contributed by atoms with Crippen molar-refractivity contribution in [3.8, 4) is 0 Å². The van der Waals surface area contributed by atoms with Crippen molar-refractivity contribution in [1.29, 1.82) is 0 Å². The standard InChI is InChI=1S/C13H14N2O4S/c1-8-5-10(3-4-12(8)15(18)19)14-7-11(6-13(14)17)20-9(2)16/h3-5,11H,6-7H2,1-2H3. The Bertz CT molecular complexity index is 588. The molecule has 0 aliphatic carbocycles. The van der Waals surface area contributed by atoms with Gasteiger partial charge in [-0.2, -0.15) is 0 Å². The van der Waals surface area contributed by atoms with Gasteiger partial charge in [0.1, 0.15) is 0 Å². The quantitative estimate of drug-likeness (QED) is 0.631. The summed E-state index contributed by atoms with van der Waals surface area (Å²) in [7, 11) is 0. The summed E-state index contributed by atoms with van der Waals surface area (Å²) in [5.74, 6) is -0.0583. The van der Waals surface area contributed by atoms with Crippen LogP contribution in [-0.2, 0) is 9.59 Å². The van der Waals surface area contributed by atoms with Crippen molar-refractivity contribution in [1.82, 2.24) is 0 Å². The Labute approximate surface area is 120 Å². The van der Waals surface area contributed by atoms with Crippen molar-refractivity contribution < 1.29 is 14.5 Å². The van der Waals surface area contributed by atoms with Crippen LogP contribution in [0.2, 0.25) is 0 Å². The molecule has 1 aliphatic heterocycles. The van der Waals surface area contributed by atoms with Crippen molar-refractivity contribution in [2.24, 2.45) is 0 Å². The normalized spacial score (nSPS) is 18.4. The number of anilines is 1. The fraction of sp³-hybridized carbons (Fsp3) is 0.385. The first-order valence-electron chi connectivity index (χ1n) is 6.11. The van der Waals surface area contributed by atoms with Crippen molar-refractivity contribution in [3.05, 3.63) is 33.9 Å². The summed E-state index contributed by atoms with van der Waals surface area (Å²) < 4.78 is 0. The number of amides is 1. The maximum absolute atomic E-state index is 12.0. The molecule has 1 atom stereocenters. The van der Waals surface area contributed by atoms with Crippen molar-refractivity contribution in [2.75, 3.05) is 11.4 Å². The second-order valence-electron chi connectivity index (χ2n) is 4.67. The van der Waals surface area contributed by atoms with E-state index < -0.39 is 4.92 Å². The number of hydrogen-bond donors (Lipinski definition) is 0. The van der Waals surface area contributed by atoms with E-state index in [4.69, 9.17) is 0 Å². The van der Waals surface area contributed by atoms with E-state index >= 15 is 0 Å². The van der Waals surface area contributed by atoms with Gasteiger partial charge in [0.25, 0.3) is 5.69 Å². The molecule has 6 nitrogen and oxygen atoms in total. The van der Waals surface area contributed by atoms with Crippen LogP contribution in [0.3, 0.4) is 0 Å². The van der Waals surface area contributed by atoms with E-state index in [9.17, 15) is 19.7 Å². The zero-order valence-electron chi connectivity index (χ0n) is 11.2. The Balaban J connectivity index is 2.20. The van der Waals surface area contributed by atoms with Gasteiger partial charge in [-0.25, -0.2) is 0 Å². The minimum absolute atomic E-state index is 0.00969. The van der Waals surface area contributed by atoms with E-state index in [2.05, 4.69) is 0 Å². The molecule has 0 N–H and O–H groups in total. The van der Waals surface area contributed by atoms with E-state index in [1.165, 1.54) is 24.8 Å². The third kappa shape index (κ3) is 2.98. The van der Waals surface area contributed by atoms with E-state index in [0.717, 1.165) is 0 Å². The number of nitro groups is 1. The molecule has 0 bridgehead atoms. The highest BCUT2D eigenvalue weighted by atomic mass is 32.2. The predicted molar refractivity (Wildman–Crippen MR) is 76.9 cm³/mol. The summed E-state index contributed by atoms with van der Waals surface area (Å²) in [5.41, 5.74) is 1.20. The number of thioether (sulfide) groups is 1. The van der Waals surface area contributed by atoms with Gasteiger partial charge < -0.3 is 4.90 Å². The lowest BCUT2D eigenvalue weighted by Gasteiger charge is -2.16. The molecule has 1 heterocycles. The molecule has 1 aliphatic rings. The molecule has 1 fully saturated rings. The van der Waals surface area contributed by atoms with Gasteiger partial charge in [0.2, 0.25) is 5.91 Å². The molecule has 0 spiro atoms. The fourth-order valence-electron chi connectivity index (χ4n) is 2.25. The summed E-state index contributed by atoms with van der Waals surface area (Å²) in [6.45, 7) is 3.58. The van der Waals surface area contributed by atoms with Gasteiger partial charge in [0.05, 0.1) is 4.92 Å². The molecule has 1 aromatic rings. The Hall–Kier alpha value is -1.89. The van der Waals surface area contributed by atoms with Gasteiger partial charge in [-0.05, 0) is 19.1 Å².